The van der Waals surface area contributed by atoms with Gasteiger partial charge in [-0.2, -0.15) is 0 Å². The Morgan fingerprint density at radius 2 is 1.64 bits per heavy atom. The summed E-state index contributed by atoms with van der Waals surface area (Å²) in [6.07, 6.45) is 3.26. The lowest BCUT2D eigenvalue weighted by Crippen LogP contribution is -2.48. The molecule has 6 heteroatoms. The molecule has 0 radical (unpaired) electrons. The zero-order valence-corrected chi connectivity index (χ0v) is 19.9. The van der Waals surface area contributed by atoms with Crippen LogP contribution in [0.5, 0.6) is 5.75 Å². The monoisotopic (exact) mass is 452 g/mol. The fourth-order valence-electron chi connectivity index (χ4n) is 4.65. The highest BCUT2D eigenvalue weighted by molar-refractivity contribution is 5.79. The molecule has 2 aliphatic rings. The summed E-state index contributed by atoms with van der Waals surface area (Å²) < 4.78 is 16.4. The standard InChI is InChI=1S/C27H36N2O4/c1-21-3-5-23(6-4-21)20-29(26(30)19-22-7-9-25(31-2)10-8-22)24-11-14-28(15-12-24)16-13-27-32-17-18-33-27/h3-10,24,27H,11-20H2,1-2H3. The molecule has 2 aromatic carbocycles. The van der Waals surface area contributed by atoms with Gasteiger partial charge < -0.3 is 24.0 Å². The molecule has 178 valence electrons. The molecule has 0 spiro atoms. The van der Waals surface area contributed by atoms with Gasteiger partial charge in [0.15, 0.2) is 6.29 Å². The number of piperidine rings is 1. The summed E-state index contributed by atoms with van der Waals surface area (Å²) in [6.45, 7) is 7.13. The number of methoxy groups -OCH3 is 1. The van der Waals surface area contributed by atoms with Crippen LogP contribution in [0.4, 0.5) is 0 Å². The Morgan fingerprint density at radius 3 is 2.27 bits per heavy atom. The molecular formula is C27H36N2O4. The fourth-order valence-corrected chi connectivity index (χ4v) is 4.65. The number of aryl methyl sites for hydroxylation is 1. The van der Waals surface area contributed by atoms with Crippen LogP contribution in [-0.4, -0.2) is 68.0 Å². The molecule has 2 aromatic rings. The van der Waals surface area contributed by atoms with E-state index >= 15 is 0 Å². The van der Waals surface area contributed by atoms with Crippen LogP contribution in [0.2, 0.25) is 0 Å². The quantitative estimate of drug-likeness (QED) is 0.579. The Hall–Kier alpha value is -2.41. The minimum Gasteiger partial charge on any atom is -0.497 e. The predicted molar refractivity (Wildman–Crippen MR) is 128 cm³/mol. The maximum Gasteiger partial charge on any atom is 0.227 e. The number of amides is 1. The summed E-state index contributed by atoms with van der Waals surface area (Å²) in [7, 11) is 1.66. The minimum atomic E-state index is -0.0492. The Labute approximate surface area is 197 Å². The Morgan fingerprint density at radius 1 is 1.00 bits per heavy atom. The predicted octanol–water partition coefficient (Wildman–Crippen LogP) is 3.80. The van der Waals surface area contributed by atoms with E-state index in [1.807, 2.05) is 24.3 Å². The number of carbonyl (C=O) groups is 1. The first-order valence-corrected chi connectivity index (χ1v) is 12.0. The fraction of sp³-hybridized carbons (Fsp3) is 0.519. The van der Waals surface area contributed by atoms with Crippen LogP contribution >= 0.6 is 0 Å². The maximum atomic E-state index is 13.5. The van der Waals surface area contributed by atoms with Crippen molar-refractivity contribution in [3.05, 3.63) is 65.2 Å². The van der Waals surface area contributed by atoms with E-state index in [4.69, 9.17) is 14.2 Å². The first-order chi connectivity index (χ1) is 16.1. The number of likely N-dealkylation sites (tertiary alicyclic amines) is 1. The summed E-state index contributed by atoms with van der Waals surface area (Å²) in [5, 5.41) is 0. The summed E-state index contributed by atoms with van der Waals surface area (Å²) in [5.74, 6) is 0.996. The van der Waals surface area contributed by atoms with E-state index in [-0.39, 0.29) is 18.2 Å². The van der Waals surface area contributed by atoms with Gasteiger partial charge in [0, 0.05) is 38.6 Å². The molecule has 33 heavy (non-hydrogen) atoms. The van der Waals surface area contributed by atoms with Crippen LogP contribution < -0.4 is 4.74 Å². The molecule has 0 atom stereocenters. The number of hydrogen-bond acceptors (Lipinski definition) is 5. The highest BCUT2D eigenvalue weighted by Gasteiger charge is 2.28. The molecule has 0 N–H and O–H groups in total. The van der Waals surface area contributed by atoms with Crippen molar-refractivity contribution in [2.24, 2.45) is 0 Å². The largest absolute Gasteiger partial charge is 0.497 e. The highest BCUT2D eigenvalue weighted by Crippen LogP contribution is 2.22. The SMILES string of the molecule is COc1ccc(CC(=O)N(Cc2ccc(C)cc2)C2CCN(CCC3OCCO3)CC2)cc1. The summed E-state index contributed by atoms with van der Waals surface area (Å²) in [6, 6.07) is 16.6. The van der Waals surface area contributed by atoms with Gasteiger partial charge in [-0.15, -0.1) is 0 Å². The topological polar surface area (TPSA) is 51.2 Å². The van der Waals surface area contributed by atoms with E-state index in [1.54, 1.807) is 7.11 Å². The molecule has 0 aromatic heterocycles. The van der Waals surface area contributed by atoms with Crippen molar-refractivity contribution in [2.75, 3.05) is 40.0 Å². The maximum absolute atomic E-state index is 13.5. The van der Waals surface area contributed by atoms with Gasteiger partial charge in [0.25, 0.3) is 0 Å². The highest BCUT2D eigenvalue weighted by atomic mass is 16.7. The molecule has 2 fully saturated rings. The second-order valence-corrected chi connectivity index (χ2v) is 9.06. The van der Waals surface area contributed by atoms with Gasteiger partial charge in [-0.25, -0.2) is 0 Å². The van der Waals surface area contributed by atoms with E-state index in [2.05, 4.69) is 41.0 Å². The van der Waals surface area contributed by atoms with Crippen molar-refractivity contribution in [1.29, 1.82) is 0 Å². The molecule has 0 bridgehead atoms. The second-order valence-electron chi connectivity index (χ2n) is 9.06. The van der Waals surface area contributed by atoms with Crippen LogP contribution in [-0.2, 0) is 27.2 Å². The zero-order chi connectivity index (χ0) is 23.0. The first-order valence-electron chi connectivity index (χ1n) is 12.0. The first kappa shape index (κ1) is 23.7. The van der Waals surface area contributed by atoms with Crippen LogP contribution in [0.3, 0.4) is 0 Å². The van der Waals surface area contributed by atoms with Gasteiger partial charge in [-0.1, -0.05) is 42.0 Å². The van der Waals surface area contributed by atoms with Gasteiger partial charge in [-0.05, 0) is 43.0 Å². The number of benzene rings is 2. The smallest absolute Gasteiger partial charge is 0.227 e. The molecule has 2 heterocycles. The Kier molecular flexibility index (Phi) is 8.37. The van der Waals surface area contributed by atoms with Crippen molar-refractivity contribution in [3.63, 3.8) is 0 Å². The van der Waals surface area contributed by atoms with Crippen molar-refractivity contribution in [1.82, 2.24) is 9.80 Å². The van der Waals surface area contributed by atoms with Crippen molar-refractivity contribution < 1.29 is 19.0 Å². The van der Waals surface area contributed by atoms with Crippen molar-refractivity contribution in [2.45, 2.75) is 51.5 Å². The average Bonchev–Trinajstić information content (AvgIpc) is 3.37. The third kappa shape index (κ3) is 6.79. The lowest BCUT2D eigenvalue weighted by Gasteiger charge is -2.39. The van der Waals surface area contributed by atoms with Gasteiger partial charge >= 0.3 is 0 Å². The van der Waals surface area contributed by atoms with E-state index in [1.165, 1.54) is 11.1 Å². The molecule has 2 aliphatic heterocycles. The molecule has 2 saturated heterocycles. The van der Waals surface area contributed by atoms with Crippen LogP contribution in [0.25, 0.3) is 0 Å². The Balaban J connectivity index is 1.38. The summed E-state index contributed by atoms with van der Waals surface area (Å²) in [4.78, 5) is 18.0. The second kappa shape index (κ2) is 11.6. The number of rotatable bonds is 9. The molecular weight excluding hydrogens is 416 g/mol. The number of carbonyl (C=O) groups excluding carboxylic acids is 1. The molecule has 0 unspecified atom stereocenters. The molecule has 0 saturated carbocycles. The summed E-state index contributed by atoms with van der Waals surface area (Å²) >= 11 is 0. The van der Waals surface area contributed by atoms with Crippen molar-refractivity contribution >= 4 is 5.91 Å². The van der Waals surface area contributed by atoms with Crippen LogP contribution in [0.15, 0.2) is 48.5 Å². The number of nitrogens with zero attached hydrogens (tertiary/aromatic N) is 2. The normalized spacial score (nSPS) is 17.9. The molecule has 0 aliphatic carbocycles. The van der Waals surface area contributed by atoms with E-state index in [0.717, 1.165) is 50.2 Å². The van der Waals surface area contributed by atoms with Gasteiger partial charge in [0.05, 0.1) is 26.7 Å². The molecule has 4 rings (SSSR count). The van der Waals surface area contributed by atoms with Gasteiger partial charge in [0.1, 0.15) is 5.75 Å². The third-order valence-corrected chi connectivity index (χ3v) is 6.68. The number of hydrogen-bond donors (Lipinski definition) is 0. The lowest BCUT2D eigenvalue weighted by atomic mass is 10.00. The zero-order valence-electron chi connectivity index (χ0n) is 19.9. The Bertz CT molecular complexity index is 870. The van der Waals surface area contributed by atoms with Crippen molar-refractivity contribution in [3.8, 4) is 5.75 Å². The third-order valence-electron chi connectivity index (χ3n) is 6.68. The minimum absolute atomic E-state index is 0.0492. The summed E-state index contributed by atoms with van der Waals surface area (Å²) in [5.41, 5.74) is 3.43. The van der Waals surface area contributed by atoms with Crippen LogP contribution in [0.1, 0.15) is 36.0 Å². The van der Waals surface area contributed by atoms with E-state index in [0.29, 0.717) is 26.2 Å². The molecule has 1 amide bonds. The van der Waals surface area contributed by atoms with Crippen LogP contribution in [0, 0.1) is 6.92 Å². The lowest BCUT2D eigenvalue weighted by molar-refractivity contribution is -0.134. The molecule has 6 nitrogen and oxygen atoms in total. The van der Waals surface area contributed by atoms with E-state index < -0.39 is 0 Å². The number of ether oxygens (including phenoxy) is 3. The average molecular weight is 453 g/mol. The van der Waals surface area contributed by atoms with E-state index in [9.17, 15) is 4.79 Å². The van der Waals surface area contributed by atoms with Gasteiger partial charge in [-0.3, -0.25) is 4.79 Å². The van der Waals surface area contributed by atoms with Gasteiger partial charge in [0.2, 0.25) is 5.91 Å².